The standard InChI is InChI=1S/C23H19F4N7O2/c24-8-15-7-17(3-1-14(15)9-28)34-6-5-18-19(11-34)30-13-31-21(18)33-20-4-2-16(10-29-20)32-22(35)36-12-23(25,26)27/h1-4,7,10,13H,5-6,8,11-12H2,(H,32,35)(H,29,30,31,33). The fraction of sp³-hybridized carbons (Fsp3) is 0.261. The smallest absolute Gasteiger partial charge is 0.422 e. The van der Waals surface area contributed by atoms with E-state index in [0.717, 1.165) is 16.9 Å². The first-order valence-electron chi connectivity index (χ1n) is 10.7. The summed E-state index contributed by atoms with van der Waals surface area (Å²) in [5.41, 5.74) is 3.24. The van der Waals surface area contributed by atoms with Gasteiger partial charge in [-0.05, 0) is 36.8 Å². The van der Waals surface area contributed by atoms with Crippen molar-refractivity contribution in [3.8, 4) is 6.07 Å². The summed E-state index contributed by atoms with van der Waals surface area (Å²) in [5.74, 6) is 0.939. The van der Waals surface area contributed by atoms with Crippen molar-refractivity contribution in [2.75, 3.05) is 28.7 Å². The molecule has 0 fully saturated rings. The number of carbonyl (C=O) groups is 1. The van der Waals surface area contributed by atoms with Crippen LogP contribution in [0.25, 0.3) is 0 Å². The number of aromatic nitrogens is 3. The summed E-state index contributed by atoms with van der Waals surface area (Å²) in [6, 6.07) is 10.0. The third kappa shape index (κ3) is 5.96. The summed E-state index contributed by atoms with van der Waals surface area (Å²) < 4.78 is 53.8. The van der Waals surface area contributed by atoms with Gasteiger partial charge in [0.1, 0.15) is 24.6 Å². The van der Waals surface area contributed by atoms with Gasteiger partial charge in [-0.3, -0.25) is 5.32 Å². The fourth-order valence-corrected chi connectivity index (χ4v) is 3.64. The van der Waals surface area contributed by atoms with Crippen LogP contribution in [0.3, 0.4) is 0 Å². The maximum Gasteiger partial charge on any atom is 0.422 e. The fourth-order valence-electron chi connectivity index (χ4n) is 3.64. The molecule has 2 N–H and O–H groups in total. The van der Waals surface area contributed by atoms with Crippen molar-refractivity contribution in [1.29, 1.82) is 5.26 Å². The second-order valence-corrected chi connectivity index (χ2v) is 7.78. The number of nitrogens with zero attached hydrogens (tertiary/aromatic N) is 5. The molecule has 1 aliphatic heterocycles. The number of hydrogen-bond acceptors (Lipinski definition) is 8. The summed E-state index contributed by atoms with van der Waals surface area (Å²) in [6.45, 7) is -1.35. The lowest BCUT2D eigenvalue weighted by atomic mass is 10.0. The number of rotatable bonds is 6. The second kappa shape index (κ2) is 10.4. The third-order valence-corrected chi connectivity index (χ3v) is 5.35. The number of pyridine rings is 1. The molecule has 13 heteroatoms. The SMILES string of the molecule is N#Cc1ccc(N2CCc3c(ncnc3Nc3ccc(NC(=O)OCC(F)(F)F)cn3)C2)cc1CF. The number of hydrogen-bond donors (Lipinski definition) is 2. The van der Waals surface area contributed by atoms with Gasteiger partial charge < -0.3 is 15.0 Å². The van der Waals surface area contributed by atoms with Gasteiger partial charge in [0, 0.05) is 23.4 Å². The first kappa shape index (κ1) is 24.6. The number of fused-ring (bicyclic) bond motifs is 1. The highest BCUT2D eigenvalue weighted by atomic mass is 19.4. The molecule has 36 heavy (non-hydrogen) atoms. The van der Waals surface area contributed by atoms with Crippen molar-refractivity contribution in [3.05, 3.63) is 65.2 Å². The zero-order chi connectivity index (χ0) is 25.7. The highest BCUT2D eigenvalue weighted by Gasteiger charge is 2.29. The molecule has 0 bridgehead atoms. The molecule has 0 spiro atoms. The predicted octanol–water partition coefficient (Wildman–Crippen LogP) is 4.63. The lowest BCUT2D eigenvalue weighted by Gasteiger charge is -2.31. The van der Waals surface area contributed by atoms with E-state index >= 15 is 0 Å². The van der Waals surface area contributed by atoms with Gasteiger partial charge in [0.2, 0.25) is 0 Å². The van der Waals surface area contributed by atoms with Crippen LogP contribution in [0.15, 0.2) is 42.9 Å². The van der Waals surface area contributed by atoms with Crippen molar-refractivity contribution in [2.24, 2.45) is 0 Å². The quantitative estimate of drug-likeness (QED) is 0.470. The van der Waals surface area contributed by atoms with Crippen LogP contribution in [0.5, 0.6) is 0 Å². The Hall–Kier alpha value is -4.47. The minimum atomic E-state index is -4.61. The average Bonchev–Trinajstić information content (AvgIpc) is 2.87. The molecule has 4 rings (SSSR count). The molecule has 1 aromatic carbocycles. The van der Waals surface area contributed by atoms with E-state index in [4.69, 9.17) is 5.26 Å². The molecule has 1 amide bonds. The van der Waals surface area contributed by atoms with Crippen molar-refractivity contribution >= 4 is 29.1 Å². The van der Waals surface area contributed by atoms with Gasteiger partial charge in [0.05, 0.1) is 35.8 Å². The first-order chi connectivity index (χ1) is 17.3. The molecule has 9 nitrogen and oxygen atoms in total. The second-order valence-electron chi connectivity index (χ2n) is 7.78. The zero-order valence-corrected chi connectivity index (χ0v) is 18.6. The van der Waals surface area contributed by atoms with Crippen molar-refractivity contribution in [3.63, 3.8) is 0 Å². The van der Waals surface area contributed by atoms with Gasteiger partial charge >= 0.3 is 12.3 Å². The van der Waals surface area contributed by atoms with Crippen LogP contribution in [-0.2, 0) is 24.4 Å². The molecule has 186 valence electrons. The first-order valence-corrected chi connectivity index (χ1v) is 10.7. The molecule has 0 saturated carbocycles. The van der Waals surface area contributed by atoms with Crippen LogP contribution in [0.1, 0.15) is 22.4 Å². The summed E-state index contributed by atoms with van der Waals surface area (Å²) in [4.78, 5) is 26.3. The van der Waals surface area contributed by atoms with Crippen LogP contribution in [-0.4, -0.2) is 40.4 Å². The average molecular weight is 501 g/mol. The van der Waals surface area contributed by atoms with Gasteiger partial charge in [0.15, 0.2) is 6.61 Å². The Morgan fingerprint density at radius 2 is 2.03 bits per heavy atom. The van der Waals surface area contributed by atoms with Crippen molar-refractivity contribution in [1.82, 2.24) is 15.0 Å². The Labute approximate surface area is 202 Å². The van der Waals surface area contributed by atoms with Crippen LogP contribution in [0.2, 0.25) is 0 Å². The minimum Gasteiger partial charge on any atom is -0.440 e. The van der Waals surface area contributed by atoms with Crippen LogP contribution in [0.4, 0.5) is 45.4 Å². The Morgan fingerprint density at radius 1 is 1.19 bits per heavy atom. The van der Waals surface area contributed by atoms with E-state index in [9.17, 15) is 22.4 Å². The Balaban J connectivity index is 1.42. The highest BCUT2D eigenvalue weighted by Crippen LogP contribution is 2.29. The molecule has 0 atom stereocenters. The Bertz CT molecular complexity index is 1290. The number of anilines is 4. The number of nitriles is 1. The number of alkyl halides is 4. The van der Waals surface area contributed by atoms with Gasteiger partial charge in [-0.15, -0.1) is 0 Å². The van der Waals surface area contributed by atoms with Crippen LogP contribution in [0, 0.1) is 11.3 Å². The van der Waals surface area contributed by atoms with Gasteiger partial charge in [-0.25, -0.2) is 24.1 Å². The maximum atomic E-state index is 13.3. The Morgan fingerprint density at radius 3 is 2.72 bits per heavy atom. The number of carbonyl (C=O) groups excluding carboxylic acids is 1. The lowest BCUT2D eigenvalue weighted by Crippen LogP contribution is -2.31. The van der Waals surface area contributed by atoms with Crippen molar-refractivity contribution < 1.29 is 27.1 Å². The molecule has 3 aromatic rings. The molecule has 1 aliphatic rings. The number of benzene rings is 1. The third-order valence-electron chi connectivity index (χ3n) is 5.35. The number of ether oxygens (including phenoxy) is 1. The number of amides is 1. The molecule has 2 aromatic heterocycles. The number of nitrogens with one attached hydrogen (secondary N) is 2. The van der Waals surface area contributed by atoms with Crippen LogP contribution < -0.4 is 15.5 Å². The topological polar surface area (TPSA) is 116 Å². The van der Waals surface area contributed by atoms with E-state index < -0.39 is 25.6 Å². The van der Waals surface area contributed by atoms with E-state index in [2.05, 4.69) is 30.3 Å². The summed E-state index contributed by atoms with van der Waals surface area (Å²) >= 11 is 0. The van der Waals surface area contributed by atoms with Gasteiger partial charge in [-0.1, -0.05) is 0 Å². The lowest BCUT2D eigenvalue weighted by molar-refractivity contribution is -0.159. The zero-order valence-electron chi connectivity index (χ0n) is 18.6. The molecular formula is C23H19F4N7O2. The normalized spacial score (nSPS) is 12.9. The van der Waals surface area contributed by atoms with E-state index in [0.29, 0.717) is 42.3 Å². The van der Waals surface area contributed by atoms with Gasteiger partial charge in [0.25, 0.3) is 0 Å². The van der Waals surface area contributed by atoms with E-state index in [1.165, 1.54) is 24.7 Å². The van der Waals surface area contributed by atoms with Crippen molar-refractivity contribution in [2.45, 2.75) is 25.8 Å². The predicted molar refractivity (Wildman–Crippen MR) is 121 cm³/mol. The van der Waals surface area contributed by atoms with Crippen LogP contribution >= 0.6 is 0 Å². The summed E-state index contributed by atoms with van der Waals surface area (Å²) in [7, 11) is 0. The molecule has 0 saturated heterocycles. The number of halogens is 4. The molecule has 0 aliphatic carbocycles. The molecule has 3 heterocycles. The molecule has 0 radical (unpaired) electrons. The minimum absolute atomic E-state index is 0.156. The van der Waals surface area contributed by atoms with E-state index in [1.807, 2.05) is 11.0 Å². The van der Waals surface area contributed by atoms with E-state index in [1.54, 1.807) is 18.2 Å². The van der Waals surface area contributed by atoms with E-state index in [-0.39, 0.29) is 5.69 Å². The largest absolute Gasteiger partial charge is 0.440 e. The maximum absolute atomic E-state index is 13.3. The van der Waals surface area contributed by atoms with Gasteiger partial charge in [-0.2, -0.15) is 18.4 Å². The Kier molecular flexibility index (Phi) is 7.14. The summed E-state index contributed by atoms with van der Waals surface area (Å²) in [5, 5.41) is 14.4. The monoisotopic (exact) mass is 501 g/mol. The molecule has 0 unspecified atom stereocenters. The molecular weight excluding hydrogens is 482 g/mol. The summed E-state index contributed by atoms with van der Waals surface area (Å²) in [6.07, 6.45) is -2.60. The highest BCUT2D eigenvalue weighted by molar-refractivity contribution is 5.84.